The molecule has 82 valence electrons. The van der Waals surface area contributed by atoms with Gasteiger partial charge in [-0.1, -0.05) is 11.6 Å². The Kier molecular flexibility index (Phi) is 3.80. The lowest BCUT2D eigenvalue weighted by atomic mass is 10.1. The summed E-state index contributed by atoms with van der Waals surface area (Å²) in [5.41, 5.74) is 0. The average Bonchev–Trinajstić information content (AvgIpc) is 2.50. The minimum atomic E-state index is 0.536. The SMILES string of the molecule is Clc1ccc(NC2CCCNCC2)nc1. The van der Waals surface area contributed by atoms with E-state index >= 15 is 0 Å². The van der Waals surface area contributed by atoms with Crippen LogP contribution >= 0.6 is 11.6 Å². The fourth-order valence-electron chi connectivity index (χ4n) is 1.83. The molecule has 1 aromatic rings. The monoisotopic (exact) mass is 225 g/mol. The van der Waals surface area contributed by atoms with Gasteiger partial charge < -0.3 is 10.6 Å². The number of halogens is 1. The molecular weight excluding hydrogens is 210 g/mol. The molecule has 15 heavy (non-hydrogen) atoms. The summed E-state index contributed by atoms with van der Waals surface area (Å²) >= 11 is 5.78. The first-order valence-electron chi connectivity index (χ1n) is 5.43. The molecule has 4 heteroatoms. The summed E-state index contributed by atoms with van der Waals surface area (Å²) in [6.45, 7) is 2.22. The first-order chi connectivity index (χ1) is 7.34. The van der Waals surface area contributed by atoms with Crippen molar-refractivity contribution in [3.05, 3.63) is 23.4 Å². The summed E-state index contributed by atoms with van der Waals surface area (Å²) in [6.07, 6.45) is 5.27. The van der Waals surface area contributed by atoms with Gasteiger partial charge in [0.1, 0.15) is 5.82 Å². The van der Waals surface area contributed by atoms with Gasteiger partial charge in [0.05, 0.1) is 5.02 Å². The van der Waals surface area contributed by atoms with Crippen LogP contribution in [0.4, 0.5) is 5.82 Å². The fourth-order valence-corrected chi connectivity index (χ4v) is 1.95. The number of hydrogen-bond acceptors (Lipinski definition) is 3. The molecule has 0 aliphatic carbocycles. The molecule has 1 unspecified atom stereocenters. The van der Waals surface area contributed by atoms with Gasteiger partial charge >= 0.3 is 0 Å². The summed E-state index contributed by atoms with van der Waals surface area (Å²) in [4.78, 5) is 4.24. The van der Waals surface area contributed by atoms with Crippen molar-refractivity contribution in [2.45, 2.75) is 25.3 Å². The molecule has 1 atom stereocenters. The lowest BCUT2D eigenvalue weighted by Gasteiger charge is -2.16. The number of rotatable bonds is 2. The number of hydrogen-bond donors (Lipinski definition) is 2. The predicted molar refractivity (Wildman–Crippen MR) is 63.4 cm³/mol. The van der Waals surface area contributed by atoms with Gasteiger partial charge in [0, 0.05) is 12.2 Å². The second-order valence-corrected chi connectivity index (χ2v) is 4.32. The van der Waals surface area contributed by atoms with Gasteiger partial charge in [-0.3, -0.25) is 0 Å². The quantitative estimate of drug-likeness (QED) is 0.811. The molecule has 0 bridgehead atoms. The van der Waals surface area contributed by atoms with Crippen molar-refractivity contribution < 1.29 is 0 Å². The zero-order valence-corrected chi connectivity index (χ0v) is 9.43. The van der Waals surface area contributed by atoms with E-state index in [4.69, 9.17) is 11.6 Å². The van der Waals surface area contributed by atoms with E-state index in [1.54, 1.807) is 6.20 Å². The maximum absolute atomic E-state index is 5.78. The van der Waals surface area contributed by atoms with Gasteiger partial charge in [-0.25, -0.2) is 4.98 Å². The summed E-state index contributed by atoms with van der Waals surface area (Å²) in [7, 11) is 0. The number of nitrogens with zero attached hydrogens (tertiary/aromatic N) is 1. The lowest BCUT2D eigenvalue weighted by Crippen LogP contribution is -2.21. The molecule has 0 aromatic carbocycles. The second kappa shape index (κ2) is 5.33. The Morgan fingerprint density at radius 2 is 2.27 bits per heavy atom. The van der Waals surface area contributed by atoms with Crippen LogP contribution in [-0.4, -0.2) is 24.1 Å². The minimum absolute atomic E-state index is 0.536. The lowest BCUT2D eigenvalue weighted by molar-refractivity contribution is 0.635. The Morgan fingerprint density at radius 3 is 3.07 bits per heavy atom. The number of nitrogens with one attached hydrogen (secondary N) is 2. The molecule has 1 aliphatic heterocycles. The van der Waals surface area contributed by atoms with Crippen LogP contribution in [0.1, 0.15) is 19.3 Å². The maximum atomic E-state index is 5.78. The highest BCUT2D eigenvalue weighted by molar-refractivity contribution is 6.30. The standard InChI is InChI=1S/C11H16ClN3/c12-9-3-4-11(14-8-9)15-10-2-1-6-13-7-5-10/h3-4,8,10,13H,1-2,5-7H2,(H,14,15). The van der Waals surface area contributed by atoms with Gasteiger partial charge in [0.2, 0.25) is 0 Å². The Morgan fingerprint density at radius 1 is 1.33 bits per heavy atom. The minimum Gasteiger partial charge on any atom is -0.367 e. The van der Waals surface area contributed by atoms with Crippen LogP contribution in [0.2, 0.25) is 5.02 Å². The van der Waals surface area contributed by atoms with E-state index in [-0.39, 0.29) is 0 Å². The van der Waals surface area contributed by atoms with Crippen LogP contribution in [0.3, 0.4) is 0 Å². The van der Waals surface area contributed by atoms with Crippen LogP contribution in [0.25, 0.3) is 0 Å². The van der Waals surface area contributed by atoms with E-state index < -0.39 is 0 Å². The third-order valence-electron chi connectivity index (χ3n) is 2.66. The van der Waals surface area contributed by atoms with Crippen LogP contribution in [0.5, 0.6) is 0 Å². The van der Waals surface area contributed by atoms with Crippen molar-refractivity contribution in [2.24, 2.45) is 0 Å². The Balaban J connectivity index is 1.92. The highest BCUT2D eigenvalue weighted by Crippen LogP contribution is 2.14. The van der Waals surface area contributed by atoms with Gasteiger partial charge in [0.25, 0.3) is 0 Å². The van der Waals surface area contributed by atoms with Gasteiger partial charge in [0.15, 0.2) is 0 Å². The molecule has 2 heterocycles. The van der Waals surface area contributed by atoms with E-state index in [2.05, 4.69) is 15.6 Å². The zero-order chi connectivity index (χ0) is 10.5. The van der Waals surface area contributed by atoms with E-state index in [0.29, 0.717) is 11.1 Å². The highest BCUT2D eigenvalue weighted by Gasteiger charge is 2.11. The molecule has 1 fully saturated rings. The summed E-state index contributed by atoms with van der Waals surface area (Å²) in [5, 5.41) is 7.51. The molecule has 0 spiro atoms. The van der Waals surface area contributed by atoms with Crippen molar-refractivity contribution >= 4 is 17.4 Å². The number of anilines is 1. The summed E-state index contributed by atoms with van der Waals surface area (Å²) < 4.78 is 0. The molecule has 0 amide bonds. The largest absolute Gasteiger partial charge is 0.367 e. The number of aromatic nitrogens is 1. The van der Waals surface area contributed by atoms with Crippen LogP contribution in [0.15, 0.2) is 18.3 Å². The average molecular weight is 226 g/mol. The normalized spacial score (nSPS) is 22.1. The second-order valence-electron chi connectivity index (χ2n) is 3.88. The van der Waals surface area contributed by atoms with Gasteiger partial charge in [-0.15, -0.1) is 0 Å². The number of pyridine rings is 1. The van der Waals surface area contributed by atoms with E-state index in [1.807, 2.05) is 12.1 Å². The zero-order valence-electron chi connectivity index (χ0n) is 8.67. The molecule has 0 radical (unpaired) electrons. The van der Waals surface area contributed by atoms with Crippen LogP contribution < -0.4 is 10.6 Å². The van der Waals surface area contributed by atoms with Crippen molar-refractivity contribution in [3.8, 4) is 0 Å². The van der Waals surface area contributed by atoms with E-state index in [9.17, 15) is 0 Å². The molecule has 2 rings (SSSR count). The van der Waals surface area contributed by atoms with Crippen molar-refractivity contribution in [1.29, 1.82) is 0 Å². The smallest absolute Gasteiger partial charge is 0.126 e. The van der Waals surface area contributed by atoms with Crippen LogP contribution in [-0.2, 0) is 0 Å². The topological polar surface area (TPSA) is 37.0 Å². The third kappa shape index (κ3) is 3.36. The molecular formula is C11H16ClN3. The van der Waals surface area contributed by atoms with Gasteiger partial charge in [-0.2, -0.15) is 0 Å². The van der Waals surface area contributed by atoms with Crippen molar-refractivity contribution in [3.63, 3.8) is 0 Å². The van der Waals surface area contributed by atoms with E-state index in [0.717, 1.165) is 25.3 Å². The van der Waals surface area contributed by atoms with Crippen molar-refractivity contribution in [1.82, 2.24) is 10.3 Å². The Labute approximate surface area is 95.2 Å². The summed E-state index contributed by atoms with van der Waals surface area (Å²) in [6, 6.07) is 4.33. The highest BCUT2D eigenvalue weighted by atomic mass is 35.5. The Hall–Kier alpha value is -0.800. The van der Waals surface area contributed by atoms with Crippen molar-refractivity contribution in [2.75, 3.05) is 18.4 Å². The molecule has 1 saturated heterocycles. The van der Waals surface area contributed by atoms with Crippen LogP contribution in [0, 0.1) is 0 Å². The first-order valence-corrected chi connectivity index (χ1v) is 5.81. The van der Waals surface area contributed by atoms with E-state index in [1.165, 1.54) is 12.8 Å². The maximum Gasteiger partial charge on any atom is 0.126 e. The Bertz CT molecular complexity index is 291. The third-order valence-corrected chi connectivity index (χ3v) is 2.88. The molecule has 0 saturated carbocycles. The molecule has 3 nitrogen and oxygen atoms in total. The van der Waals surface area contributed by atoms with Gasteiger partial charge in [-0.05, 0) is 44.5 Å². The summed E-state index contributed by atoms with van der Waals surface area (Å²) in [5.74, 6) is 0.923. The fraction of sp³-hybridized carbons (Fsp3) is 0.545. The molecule has 1 aromatic heterocycles. The predicted octanol–water partition coefficient (Wildman–Crippen LogP) is 2.29. The molecule has 2 N–H and O–H groups in total. The molecule has 1 aliphatic rings. The first kappa shape index (κ1) is 10.7.